The maximum Gasteiger partial charge on any atom is 0.337 e. The van der Waals surface area contributed by atoms with Crippen LogP contribution < -0.4 is 15.8 Å². The predicted octanol–water partition coefficient (Wildman–Crippen LogP) is 2.88. The Morgan fingerprint density at radius 2 is 1.54 bits per heavy atom. The Labute approximate surface area is 162 Å². The third-order valence-corrected chi connectivity index (χ3v) is 3.77. The van der Waals surface area contributed by atoms with Crippen molar-refractivity contribution in [3.8, 4) is 5.75 Å². The minimum Gasteiger partial charge on any atom is -0.491 e. The van der Waals surface area contributed by atoms with E-state index in [2.05, 4.69) is 14.8 Å². The number of benzene rings is 2. The molecule has 0 aromatic heterocycles. The number of ether oxygens (including phenoxy) is 3. The van der Waals surface area contributed by atoms with Crippen molar-refractivity contribution in [3.05, 3.63) is 53.1 Å². The summed E-state index contributed by atoms with van der Waals surface area (Å²) in [5.74, 6) is -1.27. The summed E-state index contributed by atoms with van der Waals surface area (Å²) in [7, 11) is 2.44. The average molecular weight is 386 g/mol. The van der Waals surface area contributed by atoms with Gasteiger partial charge in [-0.1, -0.05) is 6.92 Å². The predicted molar refractivity (Wildman–Crippen MR) is 104 cm³/mol. The molecule has 0 saturated heterocycles. The molecular weight excluding hydrogens is 364 g/mol. The second kappa shape index (κ2) is 9.40. The van der Waals surface area contributed by atoms with Gasteiger partial charge in [0.2, 0.25) is 0 Å². The lowest BCUT2D eigenvalue weighted by atomic mass is 10.1. The molecule has 8 nitrogen and oxygen atoms in total. The molecule has 2 aromatic rings. The first-order valence-electron chi connectivity index (χ1n) is 8.55. The van der Waals surface area contributed by atoms with Gasteiger partial charge in [-0.25, -0.2) is 9.59 Å². The van der Waals surface area contributed by atoms with Crippen molar-refractivity contribution in [1.82, 2.24) is 0 Å². The fourth-order valence-electron chi connectivity index (χ4n) is 2.41. The Morgan fingerprint density at radius 3 is 2.04 bits per heavy atom. The quantitative estimate of drug-likeness (QED) is 0.555. The number of nitrogens with one attached hydrogen (secondary N) is 1. The molecule has 3 N–H and O–H groups in total. The summed E-state index contributed by atoms with van der Waals surface area (Å²) in [6.07, 6.45) is 0.834. The minimum atomic E-state index is -0.650. The number of nitrogen functional groups attached to an aromatic ring is 1. The Hall–Kier alpha value is -3.55. The molecule has 0 spiro atoms. The molecule has 0 radical (unpaired) electrons. The topological polar surface area (TPSA) is 117 Å². The Morgan fingerprint density at radius 1 is 0.929 bits per heavy atom. The molecule has 2 aromatic carbocycles. The third-order valence-electron chi connectivity index (χ3n) is 3.77. The van der Waals surface area contributed by atoms with E-state index >= 15 is 0 Å². The Bertz CT molecular complexity index is 860. The van der Waals surface area contributed by atoms with Gasteiger partial charge in [0.15, 0.2) is 0 Å². The highest BCUT2D eigenvalue weighted by molar-refractivity contribution is 6.06. The first-order valence-corrected chi connectivity index (χ1v) is 8.55. The first-order chi connectivity index (χ1) is 13.4. The number of methoxy groups -OCH3 is 2. The van der Waals surface area contributed by atoms with Gasteiger partial charge in [-0.15, -0.1) is 0 Å². The maximum absolute atomic E-state index is 12.6. The standard InChI is InChI=1S/C20H22N2O6/c1-4-7-28-17-6-5-12(11-16(17)21)18(23)22-15-9-13(19(24)26-2)8-14(10-15)20(25)27-3/h5-6,8-11H,4,7,21H2,1-3H3,(H,22,23). The van der Waals surface area contributed by atoms with Gasteiger partial charge in [0.25, 0.3) is 5.91 Å². The highest BCUT2D eigenvalue weighted by atomic mass is 16.5. The Kier molecular flexibility index (Phi) is 6.97. The van der Waals surface area contributed by atoms with E-state index in [4.69, 9.17) is 10.5 Å². The molecule has 0 aliphatic rings. The van der Waals surface area contributed by atoms with Gasteiger partial charge in [0, 0.05) is 11.3 Å². The van der Waals surface area contributed by atoms with Crippen LogP contribution in [0.3, 0.4) is 0 Å². The van der Waals surface area contributed by atoms with E-state index in [0.717, 1.165) is 6.42 Å². The lowest BCUT2D eigenvalue weighted by molar-refractivity contribution is 0.0599. The summed E-state index contributed by atoms with van der Waals surface area (Å²) in [4.78, 5) is 36.2. The summed E-state index contributed by atoms with van der Waals surface area (Å²) in [5.41, 5.74) is 6.99. The highest BCUT2D eigenvalue weighted by Gasteiger charge is 2.16. The van der Waals surface area contributed by atoms with Gasteiger partial charge < -0.3 is 25.3 Å². The molecule has 0 bridgehead atoms. The van der Waals surface area contributed by atoms with E-state index in [1.54, 1.807) is 12.1 Å². The number of nitrogens with two attached hydrogens (primary N) is 1. The van der Waals surface area contributed by atoms with Crippen LogP contribution in [0.4, 0.5) is 11.4 Å². The summed E-state index contributed by atoms with van der Waals surface area (Å²) < 4.78 is 14.8. The fourth-order valence-corrected chi connectivity index (χ4v) is 2.41. The molecular formula is C20H22N2O6. The van der Waals surface area contributed by atoms with Crippen molar-refractivity contribution >= 4 is 29.2 Å². The minimum absolute atomic E-state index is 0.100. The van der Waals surface area contributed by atoms with Crippen molar-refractivity contribution in [2.24, 2.45) is 0 Å². The van der Waals surface area contributed by atoms with Gasteiger partial charge in [-0.3, -0.25) is 4.79 Å². The van der Waals surface area contributed by atoms with E-state index in [0.29, 0.717) is 23.6 Å². The average Bonchev–Trinajstić information content (AvgIpc) is 2.71. The summed E-state index contributed by atoms with van der Waals surface area (Å²) in [5, 5.41) is 2.64. The lowest BCUT2D eigenvalue weighted by Crippen LogP contribution is -2.14. The number of hydrogen-bond acceptors (Lipinski definition) is 7. The zero-order chi connectivity index (χ0) is 20.7. The van der Waals surface area contributed by atoms with Crippen LogP contribution in [0, 0.1) is 0 Å². The molecule has 148 valence electrons. The van der Waals surface area contributed by atoms with E-state index in [-0.39, 0.29) is 16.8 Å². The lowest BCUT2D eigenvalue weighted by Gasteiger charge is -2.11. The van der Waals surface area contributed by atoms with Crippen LogP contribution in [-0.4, -0.2) is 38.7 Å². The summed E-state index contributed by atoms with van der Waals surface area (Å²) >= 11 is 0. The molecule has 0 aliphatic carbocycles. The zero-order valence-electron chi connectivity index (χ0n) is 15.9. The van der Waals surface area contributed by atoms with Crippen molar-refractivity contribution in [3.63, 3.8) is 0 Å². The van der Waals surface area contributed by atoms with E-state index in [1.807, 2.05) is 6.92 Å². The van der Waals surface area contributed by atoms with Crippen molar-refractivity contribution in [2.75, 3.05) is 31.9 Å². The summed E-state index contributed by atoms with van der Waals surface area (Å²) in [6, 6.07) is 8.81. The number of carbonyl (C=O) groups excluding carboxylic acids is 3. The van der Waals surface area contributed by atoms with E-state index in [1.165, 1.54) is 38.5 Å². The van der Waals surface area contributed by atoms with Gasteiger partial charge in [0.1, 0.15) is 5.75 Å². The molecule has 0 aliphatic heterocycles. The maximum atomic E-state index is 12.6. The van der Waals surface area contributed by atoms with Crippen LogP contribution in [0.2, 0.25) is 0 Å². The Balaban J connectivity index is 2.28. The smallest absolute Gasteiger partial charge is 0.337 e. The van der Waals surface area contributed by atoms with E-state index < -0.39 is 17.8 Å². The van der Waals surface area contributed by atoms with Crippen molar-refractivity contribution in [1.29, 1.82) is 0 Å². The van der Waals surface area contributed by atoms with Gasteiger partial charge in [-0.2, -0.15) is 0 Å². The van der Waals surface area contributed by atoms with Crippen molar-refractivity contribution < 1.29 is 28.6 Å². The molecule has 0 unspecified atom stereocenters. The number of esters is 2. The molecule has 2 rings (SSSR count). The molecule has 8 heteroatoms. The number of amides is 1. The highest BCUT2D eigenvalue weighted by Crippen LogP contribution is 2.24. The van der Waals surface area contributed by atoms with Gasteiger partial charge >= 0.3 is 11.9 Å². The van der Waals surface area contributed by atoms with Crippen LogP contribution in [0.5, 0.6) is 5.75 Å². The van der Waals surface area contributed by atoms with Gasteiger partial charge in [-0.05, 0) is 42.8 Å². The van der Waals surface area contributed by atoms with E-state index in [9.17, 15) is 14.4 Å². The van der Waals surface area contributed by atoms with Crippen LogP contribution in [-0.2, 0) is 9.47 Å². The fraction of sp³-hybridized carbons (Fsp3) is 0.250. The second-order valence-electron chi connectivity index (χ2n) is 5.84. The van der Waals surface area contributed by atoms with Gasteiger partial charge in [0.05, 0.1) is 37.6 Å². The third kappa shape index (κ3) is 5.00. The van der Waals surface area contributed by atoms with Crippen LogP contribution in [0.1, 0.15) is 44.4 Å². The van der Waals surface area contributed by atoms with Crippen LogP contribution in [0.25, 0.3) is 0 Å². The normalized spacial score (nSPS) is 10.1. The number of hydrogen-bond donors (Lipinski definition) is 2. The molecule has 28 heavy (non-hydrogen) atoms. The van der Waals surface area contributed by atoms with Crippen LogP contribution >= 0.6 is 0 Å². The molecule has 0 atom stereocenters. The molecule has 0 heterocycles. The molecule has 0 saturated carbocycles. The first kappa shape index (κ1) is 20.8. The zero-order valence-corrected chi connectivity index (χ0v) is 15.9. The molecule has 0 fully saturated rings. The molecule has 1 amide bonds. The number of anilines is 2. The second-order valence-corrected chi connectivity index (χ2v) is 5.84. The SMILES string of the molecule is CCCOc1ccc(C(=O)Nc2cc(C(=O)OC)cc(C(=O)OC)c2)cc1N. The monoisotopic (exact) mass is 386 g/mol. The number of carbonyl (C=O) groups is 3. The number of rotatable bonds is 7. The largest absolute Gasteiger partial charge is 0.491 e. The summed E-state index contributed by atoms with van der Waals surface area (Å²) in [6.45, 7) is 2.50. The van der Waals surface area contributed by atoms with Crippen LogP contribution in [0.15, 0.2) is 36.4 Å². The van der Waals surface area contributed by atoms with Crippen molar-refractivity contribution in [2.45, 2.75) is 13.3 Å².